The van der Waals surface area contributed by atoms with Gasteiger partial charge in [-0.2, -0.15) is 0 Å². The lowest BCUT2D eigenvalue weighted by Crippen LogP contribution is -2.42. The maximum atomic E-state index is 10.9. The number of nitro groups is 1. The first-order valence-corrected chi connectivity index (χ1v) is 9.46. The number of hydrogen-bond acceptors (Lipinski definition) is 5. The molecule has 0 N–H and O–H groups in total. The molecular formula is C18H27N3O3S. The van der Waals surface area contributed by atoms with E-state index in [4.69, 9.17) is 9.73 Å². The van der Waals surface area contributed by atoms with Gasteiger partial charge in [0.15, 0.2) is 5.17 Å². The summed E-state index contributed by atoms with van der Waals surface area (Å²) in [5.74, 6) is 1.31. The molecular weight excluding hydrogens is 338 g/mol. The van der Waals surface area contributed by atoms with Gasteiger partial charge in [-0.1, -0.05) is 25.6 Å². The topological polar surface area (TPSA) is 68.0 Å². The second kappa shape index (κ2) is 7.74. The predicted molar refractivity (Wildman–Crippen MR) is 104 cm³/mol. The van der Waals surface area contributed by atoms with Crippen molar-refractivity contribution in [3.05, 3.63) is 33.9 Å². The van der Waals surface area contributed by atoms with Crippen molar-refractivity contribution in [1.82, 2.24) is 4.90 Å². The maximum absolute atomic E-state index is 10.9. The second-order valence-corrected chi connectivity index (χ2v) is 8.65. The van der Waals surface area contributed by atoms with Gasteiger partial charge in [-0.15, -0.1) is 0 Å². The van der Waals surface area contributed by atoms with Crippen molar-refractivity contribution in [2.24, 2.45) is 10.9 Å². The van der Waals surface area contributed by atoms with Gasteiger partial charge < -0.3 is 9.64 Å². The molecule has 0 spiro atoms. The Hall–Kier alpha value is -1.60. The number of thioether (sulfide) groups is 1. The van der Waals surface area contributed by atoms with Gasteiger partial charge in [0.1, 0.15) is 6.23 Å². The van der Waals surface area contributed by atoms with Crippen LogP contribution < -0.4 is 0 Å². The molecule has 1 saturated heterocycles. The van der Waals surface area contributed by atoms with Gasteiger partial charge in [-0.25, -0.2) is 4.99 Å². The summed E-state index contributed by atoms with van der Waals surface area (Å²) in [6, 6.07) is 4.78. The standard InChI is InChI=1S/C18H27N3O3S/c1-12(2)10-20-16(24-18(4,5)6)11-25-17(20)19-15-8-7-14(21(22)23)9-13(15)3/h7-9,12,16H,10-11H2,1-6H3. The van der Waals surface area contributed by atoms with Crippen LogP contribution in [-0.2, 0) is 4.74 Å². The molecule has 0 radical (unpaired) electrons. The number of aryl methyl sites for hydroxylation is 1. The van der Waals surface area contributed by atoms with Gasteiger partial charge in [-0.3, -0.25) is 10.1 Å². The monoisotopic (exact) mass is 365 g/mol. The third-order valence-electron chi connectivity index (χ3n) is 3.61. The Bertz CT molecular complexity index is 668. The Balaban J connectivity index is 2.29. The van der Waals surface area contributed by atoms with Gasteiger partial charge in [0.05, 0.1) is 16.2 Å². The molecule has 0 aromatic heterocycles. The molecule has 6 nitrogen and oxygen atoms in total. The minimum atomic E-state index is -0.382. The molecule has 1 aromatic carbocycles. The molecule has 0 bridgehead atoms. The van der Waals surface area contributed by atoms with Crippen LogP contribution in [0, 0.1) is 23.0 Å². The zero-order valence-corrected chi connectivity index (χ0v) is 16.6. The van der Waals surface area contributed by atoms with Crippen molar-refractivity contribution in [2.45, 2.75) is 53.4 Å². The third-order valence-corrected chi connectivity index (χ3v) is 4.64. The largest absolute Gasteiger partial charge is 0.352 e. The van der Waals surface area contributed by atoms with Crippen molar-refractivity contribution in [2.75, 3.05) is 12.3 Å². The van der Waals surface area contributed by atoms with Crippen LogP contribution in [0.3, 0.4) is 0 Å². The molecule has 1 aliphatic heterocycles. The molecule has 0 aliphatic carbocycles. The molecule has 1 aliphatic rings. The smallest absolute Gasteiger partial charge is 0.269 e. The van der Waals surface area contributed by atoms with E-state index in [1.165, 1.54) is 6.07 Å². The molecule has 1 unspecified atom stereocenters. The van der Waals surface area contributed by atoms with Crippen LogP contribution in [0.15, 0.2) is 23.2 Å². The first kappa shape index (κ1) is 19.7. The van der Waals surface area contributed by atoms with E-state index in [0.29, 0.717) is 5.92 Å². The molecule has 1 fully saturated rings. The van der Waals surface area contributed by atoms with Crippen molar-refractivity contribution < 1.29 is 9.66 Å². The number of amidine groups is 1. The average molecular weight is 365 g/mol. The highest BCUT2D eigenvalue weighted by Gasteiger charge is 2.34. The summed E-state index contributed by atoms with van der Waals surface area (Å²) in [5, 5.41) is 11.8. The van der Waals surface area contributed by atoms with Crippen LogP contribution in [0.4, 0.5) is 11.4 Å². The molecule has 2 rings (SSSR count). The Morgan fingerprint density at radius 3 is 2.64 bits per heavy atom. The van der Waals surface area contributed by atoms with Crippen LogP contribution in [0.1, 0.15) is 40.2 Å². The Morgan fingerprint density at radius 1 is 1.44 bits per heavy atom. The number of non-ortho nitro benzene ring substituents is 1. The fraction of sp³-hybridized carbons (Fsp3) is 0.611. The van der Waals surface area contributed by atoms with E-state index < -0.39 is 0 Å². The summed E-state index contributed by atoms with van der Waals surface area (Å²) in [7, 11) is 0. The summed E-state index contributed by atoms with van der Waals surface area (Å²) < 4.78 is 6.20. The number of hydrogen-bond donors (Lipinski definition) is 0. The van der Waals surface area contributed by atoms with E-state index >= 15 is 0 Å². The highest BCUT2D eigenvalue weighted by atomic mass is 32.2. The fourth-order valence-electron chi connectivity index (χ4n) is 2.61. The van der Waals surface area contributed by atoms with Gasteiger partial charge in [0.25, 0.3) is 5.69 Å². The number of rotatable bonds is 5. The van der Waals surface area contributed by atoms with E-state index in [9.17, 15) is 10.1 Å². The Labute approximate surface area is 153 Å². The number of aliphatic imine (C=N–C) groups is 1. The number of benzene rings is 1. The van der Waals surface area contributed by atoms with Crippen molar-refractivity contribution in [3.8, 4) is 0 Å². The van der Waals surface area contributed by atoms with E-state index in [1.54, 1.807) is 23.9 Å². The van der Waals surface area contributed by atoms with Crippen LogP contribution >= 0.6 is 11.8 Å². The van der Waals surface area contributed by atoms with Gasteiger partial charge in [0, 0.05) is 24.4 Å². The minimum absolute atomic E-state index is 0.00972. The SMILES string of the molecule is Cc1cc([N+](=O)[O-])ccc1N=C1SCC(OC(C)(C)C)N1CC(C)C. The summed E-state index contributed by atoms with van der Waals surface area (Å²) in [4.78, 5) is 17.5. The van der Waals surface area contributed by atoms with E-state index in [1.807, 2.05) is 6.92 Å². The van der Waals surface area contributed by atoms with E-state index in [-0.39, 0.29) is 22.4 Å². The van der Waals surface area contributed by atoms with Crippen LogP contribution in [0.25, 0.3) is 0 Å². The normalized spacial score (nSPS) is 19.9. The second-order valence-electron chi connectivity index (χ2n) is 7.66. The highest BCUT2D eigenvalue weighted by Crippen LogP contribution is 2.32. The Kier molecular flexibility index (Phi) is 6.11. The van der Waals surface area contributed by atoms with Crippen LogP contribution in [-0.4, -0.2) is 39.1 Å². The van der Waals surface area contributed by atoms with Gasteiger partial charge in [-0.05, 0) is 45.2 Å². The number of ether oxygens (including phenoxy) is 1. The molecule has 1 heterocycles. The first-order valence-electron chi connectivity index (χ1n) is 8.48. The van der Waals surface area contributed by atoms with Gasteiger partial charge in [0.2, 0.25) is 0 Å². The Morgan fingerprint density at radius 2 is 2.12 bits per heavy atom. The highest BCUT2D eigenvalue weighted by molar-refractivity contribution is 8.14. The fourth-order valence-corrected chi connectivity index (χ4v) is 3.68. The third kappa shape index (κ3) is 5.44. The van der Waals surface area contributed by atoms with Gasteiger partial charge >= 0.3 is 0 Å². The average Bonchev–Trinajstić information content (AvgIpc) is 2.81. The minimum Gasteiger partial charge on any atom is -0.352 e. The summed E-state index contributed by atoms with van der Waals surface area (Å²) in [6.07, 6.45) is -0.00972. The van der Waals surface area contributed by atoms with Crippen molar-refractivity contribution in [1.29, 1.82) is 0 Å². The van der Waals surface area contributed by atoms with Crippen molar-refractivity contribution in [3.63, 3.8) is 0 Å². The molecule has 0 amide bonds. The molecule has 25 heavy (non-hydrogen) atoms. The van der Waals surface area contributed by atoms with E-state index in [2.05, 4.69) is 39.5 Å². The molecule has 0 saturated carbocycles. The quantitative estimate of drug-likeness (QED) is 0.557. The zero-order chi connectivity index (χ0) is 18.8. The summed E-state index contributed by atoms with van der Waals surface area (Å²) in [5.41, 5.74) is 1.43. The molecule has 138 valence electrons. The lowest BCUT2D eigenvalue weighted by molar-refractivity contribution is -0.384. The molecule has 1 atom stereocenters. The lowest BCUT2D eigenvalue weighted by Gasteiger charge is -2.32. The summed E-state index contributed by atoms with van der Waals surface area (Å²) >= 11 is 1.67. The first-order chi connectivity index (χ1) is 11.6. The van der Waals surface area contributed by atoms with E-state index in [0.717, 1.165) is 28.7 Å². The number of nitro benzene ring substituents is 1. The van der Waals surface area contributed by atoms with Crippen molar-refractivity contribution >= 4 is 28.3 Å². The maximum Gasteiger partial charge on any atom is 0.269 e. The predicted octanol–water partition coefficient (Wildman–Crippen LogP) is 4.74. The lowest BCUT2D eigenvalue weighted by atomic mass is 10.2. The van der Waals surface area contributed by atoms with Crippen LogP contribution in [0.2, 0.25) is 0 Å². The van der Waals surface area contributed by atoms with Crippen LogP contribution in [0.5, 0.6) is 0 Å². The molecule has 7 heteroatoms. The molecule has 1 aromatic rings. The number of nitrogens with zero attached hydrogens (tertiary/aromatic N) is 3. The summed E-state index contributed by atoms with van der Waals surface area (Å²) in [6.45, 7) is 13.2. The zero-order valence-electron chi connectivity index (χ0n) is 15.8.